The number of benzene rings is 1. The molecule has 1 aliphatic rings. The number of likely N-dealkylation sites (tertiary alicyclic amines) is 1. The van der Waals surface area contributed by atoms with Gasteiger partial charge in [-0.15, -0.1) is 12.4 Å². The summed E-state index contributed by atoms with van der Waals surface area (Å²) in [5, 5.41) is 2.87. The molecule has 1 aromatic rings. The molecule has 1 aromatic carbocycles. The van der Waals surface area contributed by atoms with Crippen molar-refractivity contribution in [2.75, 3.05) is 26.2 Å². The molecule has 0 aliphatic carbocycles. The molecule has 2 rings (SSSR count). The maximum absolute atomic E-state index is 12.7. The molecular weight excluding hydrogens is 281 g/mol. The molecule has 0 bridgehead atoms. The molecule has 112 valence electrons. The first kappa shape index (κ1) is 16.9. The van der Waals surface area contributed by atoms with Crippen molar-refractivity contribution in [1.82, 2.24) is 10.2 Å². The van der Waals surface area contributed by atoms with E-state index in [1.54, 1.807) is 12.1 Å². The second kappa shape index (κ2) is 8.19. The molecule has 0 saturated carbocycles. The zero-order valence-electron chi connectivity index (χ0n) is 11.3. The van der Waals surface area contributed by atoms with Crippen molar-refractivity contribution in [2.24, 2.45) is 5.73 Å². The molecular formula is C14H21ClFN3O. The largest absolute Gasteiger partial charge is 0.355 e. The lowest BCUT2D eigenvalue weighted by atomic mass is 10.1. The first-order valence-corrected chi connectivity index (χ1v) is 6.62. The van der Waals surface area contributed by atoms with Crippen LogP contribution < -0.4 is 11.1 Å². The summed E-state index contributed by atoms with van der Waals surface area (Å²) in [6, 6.07) is 6.54. The Morgan fingerprint density at radius 2 is 2.10 bits per heavy atom. The summed E-state index contributed by atoms with van der Waals surface area (Å²) in [4.78, 5) is 13.8. The van der Waals surface area contributed by atoms with Gasteiger partial charge in [-0.05, 0) is 30.5 Å². The zero-order chi connectivity index (χ0) is 13.7. The SMILES string of the molecule is Cl.N[C@@H]1CCN(CC(=O)NCCc2ccc(F)cc2)C1. The fraction of sp³-hybridized carbons (Fsp3) is 0.500. The highest BCUT2D eigenvalue weighted by Gasteiger charge is 2.20. The lowest BCUT2D eigenvalue weighted by molar-refractivity contribution is -0.121. The average Bonchev–Trinajstić information content (AvgIpc) is 2.77. The van der Waals surface area contributed by atoms with Crippen molar-refractivity contribution in [1.29, 1.82) is 0 Å². The van der Waals surface area contributed by atoms with Gasteiger partial charge < -0.3 is 11.1 Å². The third kappa shape index (κ3) is 5.45. The van der Waals surface area contributed by atoms with Crippen molar-refractivity contribution >= 4 is 18.3 Å². The normalized spacial score (nSPS) is 18.6. The van der Waals surface area contributed by atoms with Crippen molar-refractivity contribution in [2.45, 2.75) is 18.9 Å². The second-order valence-corrected chi connectivity index (χ2v) is 5.01. The predicted molar refractivity (Wildman–Crippen MR) is 79.4 cm³/mol. The van der Waals surface area contributed by atoms with E-state index in [9.17, 15) is 9.18 Å². The Morgan fingerprint density at radius 3 is 2.70 bits per heavy atom. The molecule has 0 spiro atoms. The van der Waals surface area contributed by atoms with Gasteiger partial charge in [0.25, 0.3) is 0 Å². The van der Waals surface area contributed by atoms with Gasteiger partial charge in [0.05, 0.1) is 6.54 Å². The minimum Gasteiger partial charge on any atom is -0.355 e. The predicted octanol–water partition coefficient (Wildman–Crippen LogP) is 0.939. The van der Waals surface area contributed by atoms with Crippen LogP contribution in [0.2, 0.25) is 0 Å². The molecule has 1 heterocycles. The van der Waals surface area contributed by atoms with E-state index in [2.05, 4.69) is 10.2 Å². The van der Waals surface area contributed by atoms with Crippen molar-refractivity contribution in [3.8, 4) is 0 Å². The Kier molecular flexibility index (Phi) is 6.91. The number of hydrogen-bond donors (Lipinski definition) is 2. The quantitative estimate of drug-likeness (QED) is 0.851. The number of nitrogens with zero attached hydrogens (tertiary/aromatic N) is 1. The van der Waals surface area contributed by atoms with E-state index in [1.165, 1.54) is 12.1 Å². The van der Waals surface area contributed by atoms with Gasteiger partial charge in [0.15, 0.2) is 0 Å². The van der Waals surface area contributed by atoms with Crippen LogP contribution in [0.3, 0.4) is 0 Å². The summed E-state index contributed by atoms with van der Waals surface area (Å²) in [6.07, 6.45) is 1.67. The number of nitrogens with one attached hydrogen (secondary N) is 1. The fourth-order valence-electron chi connectivity index (χ4n) is 2.26. The molecule has 1 amide bonds. The van der Waals surface area contributed by atoms with Gasteiger partial charge in [-0.1, -0.05) is 12.1 Å². The van der Waals surface area contributed by atoms with Gasteiger partial charge in [-0.2, -0.15) is 0 Å². The maximum Gasteiger partial charge on any atom is 0.234 e. The number of nitrogens with two attached hydrogens (primary N) is 1. The monoisotopic (exact) mass is 301 g/mol. The molecule has 1 atom stereocenters. The molecule has 0 unspecified atom stereocenters. The van der Waals surface area contributed by atoms with Crippen molar-refractivity contribution in [3.05, 3.63) is 35.6 Å². The highest BCUT2D eigenvalue weighted by atomic mass is 35.5. The second-order valence-electron chi connectivity index (χ2n) is 5.01. The van der Waals surface area contributed by atoms with Crippen molar-refractivity contribution < 1.29 is 9.18 Å². The maximum atomic E-state index is 12.7. The number of rotatable bonds is 5. The van der Waals surface area contributed by atoms with Crippen LogP contribution in [0.15, 0.2) is 24.3 Å². The molecule has 0 radical (unpaired) electrons. The summed E-state index contributed by atoms with van der Waals surface area (Å²) in [5.74, 6) is -0.214. The van der Waals surface area contributed by atoms with E-state index in [-0.39, 0.29) is 30.2 Å². The summed E-state index contributed by atoms with van der Waals surface area (Å²) in [5.41, 5.74) is 6.80. The van der Waals surface area contributed by atoms with Crippen molar-refractivity contribution in [3.63, 3.8) is 0 Å². The van der Waals surface area contributed by atoms with Gasteiger partial charge in [0, 0.05) is 25.7 Å². The Labute approximate surface area is 124 Å². The Bertz CT molecular complexity index is 427. The lowest BCUT2D eigenvalue weighted by Gasteiger charge is -2.14. The number of carbonyl (C=O) groups excluding carboxylic acids is 1. The molecule has 1 fully saturated rings. The molecule has 0 aromatic heterocycles. The van der Waals surface area contributed by atoms with Crippen LogP contribution in [-0.4, -0.2) is 43.0 Å². The van der Waals surface area contributed by atoms with E-state index < -0.39 is 0 Å². The van der Waals surface area contributed by atoms with E-state index >= 15 is 0 Å². The Hall–Kier alpha value is -1.17. The number of hydrogen-bond acceptors (Lipinski definition) is 3. The smallest absolute Gasteiger partial charge is 0.234 e. The van der Waals surface area contributed by atoms with Crippen LogP contribution in [0.1, 0.15) is 12.0 Å². The van der Waals surface area contributed by atoms with E-state index in [0.29, 0.717) is 19.5 Å². The Morgan fingerprint density at radius 1 is 1.40 bits per heavy atom. The minimum absolute atomic E-state index is 0. The van der Waals surface area contributed by atoms with E-state index in [0.717, 1.165) is 25.1 Å². The first-order valence-electron chi connectivity index (χ1n) is 6.62. The van der Waals surface area contributed by atoms with Crippen LogP contribution in [0.25, 0.3) is 0 Å². The molecule has 1 aliphatic heterocycles. The molecule has 20 heavy (non-hydrogen) atoms. The summed E-state index contributed by atoms with van der Waals surface area (Å²) >= 11 is 0. The average molecular weight is 302 g/mol. The number of carbonyl (C=O) groups is 1. The lowest BCUT2D eigenvalue weighted by Crippen LogP contribution is -2.38. The highest BCUT2D eigenvalue weighted by Crippen LogP contribution is 2.06. The Balaban J connectivity index is 0.00000200. The summed E-state index contributed by atoms with van der Waals surface area (Å²) in [7, 11) is 0. The van der Waals surface area contributed by atoms with Gasteiger partial charge in [-0.25, -0.2) is 4.39 Å². The first-order chi connectivity index (χ1) is 9.13. The number of amides is 1. The highest BCUT2D eigenvalue weighted by molar-refractivity contribution is 5.85. The van der Waals surface area contributed by atoms with Gasteiger partial charge in [-0.3, -0.25) is 9.69 Å². The third-order valence-corrected chi connectivity index (χ3v) is 3.33. The van der Waals surface area contributed by atoms with Gasteiger partial charge in [0.2, 0.25) is 5.91 Å². The third-order valence-electron chi connectivity index (χ3n) is 3.33. The minimum atomic E-state index is -0.238. The topological polar surface area (TPSA) is 58.4 Å². The van der Waals surface area contributed by atoms with Crippen LogP contribution in [0, 0.1) is 5.82 Å². The standard InChI is InChI=1S/C14H20FN3O.ClH/c15-12-3-1-11(2-4-12)5-7-17-14(19)10-18-8-6-13(16)9-18;/h1-4,13H,5-10,16H2,(H,17,19);1H/t13-;/m1./s1. The van der Waals surface area contributed by atoms with Crippen LogP contribution in [0.5, 0.6) is 0 Å². The number of halogens is 2. The van der Waals surface area contributed by atoms with E-state index in [1.807, 2.05) is 0 Å². The van der Waals surface area contributed by atoms with Gasteiger partial charge in [0.1, 0.15) is 5.82 Å². The van der Waals surface area contributed by atoms with Crippen LogP contribution in [-0.2, 0) is 11.2 Å². The molecule has 3 N–H and O–H groups in total. The van der Waals surface area contributed by atoms with E-state index in [4.69, 9.17) is 5.73 Å². The summed E-state index contributed by atoms with van der Waals surface area (Å²) in [6.45, 7) is 2.68. The van der Waals surface area contributed by atoms with Crippen LogP contribution in [0.4, 0.5) is 4.39 Å². The van der Waals surface area contributed by atoms with Crippen LogP contribution >= 0.6 is 12.4 Å². The molecule has 1 saturated heterocycles. The summed E-state index contributed by atoms with van der Waals surface area (Å²) < 4.78 is 12.7. The molecule has 4 nitrogen and oxygen atoms in total. The fourth-order valence-corrected chi connectivity index (χ4v) is 2.26. The van der Waals surface area contributed by atoms with Gasteiger partial charge >= 0.3 is 0 Å². The molecule has 6 heteroatoms. The zero-order valence-corrected chi connectivity index (χ0v) is 12.2.